The average Bonchev–Trinajstić information content (AvgIpc) is 2.46. The third-order valence-electron chi connectivity index (χ3n) is 3.71. The van der Waals surface area contributed by atoms with Gasteiger partial charge in [0.15, 0.2) is 0 Å². The van der Waals surface area contributed by atoms with E-state index in [0.717, 1.165) is 44.4 Å². The van der Waals surface area contributed by atoms with E-state index < -0.39 is 0 Å². The summed E-state index contributed by atoms with van der Waals surface area (Å²) in [5.74, 6) is 0.978. The number of amides is 1. The highest BCUT2D eigenvalue weighted by atomic mass is 16.5. The molecule has 0 unspecified atom stereocenters. The molecule has 3 heteroatoms. The van der Waals surface area contributed by atoms with E-state index in [1.165, 1.54) is 16.7 Å². The molecule has 108 valence electrons. The molecular formula is C17H23NO2. The number of unbranched alkanes of at least 4 members (excludes halogenated alkanes) is 1. The smallest absolute Gasteiger partial charge is 0.216 e. The zero-order chi connectivity index (χ0) is 14.4. The van der Waals surface area contributed by atoms with E-state index >= 15 is 0 Å². The van der Waals surface area contributed by atoms with Gasteiger partial charge >= 0.3 is 0 Å². The SMILES string of the molecule is COc1ccc2c(c1)C(CCCCNC(C)=O)=CCC2. The number of carbonyl (C=O) groups is 1. The maximum Gasteiger partial charge on any atom is 0.216 e. The molecule has 0 saturated carbocycles. The van der Waals surface area contributed by atoms with E-state index in [1.54, 1.807) is 14.0 Å². The van der Waals surface area contributed by atoms with Crippen LogP contribution in [0, 0.1) is 0 Å². The van der Waals surface area contributed by atoms with Gasteiger partial charge in [-0.1, -0.05) is 12.1 Å². The van der Waals surface area contributed by atoms with Gasteiger partial charge in [-0.3, -0.25) is 4.79 Å². The molecule has 0 fully saturated rings. The minimum Gasteiger partial charge on any atom is -0.497 e. The van der Waals surface area contributed by atoms with Crippen LogP contribution in [0.5, 0.6) is 5.75 Å². The number of carbonyl (C=O) groups excluding carboxylic acids is 1. The number of aryl methyl sites for hydroxylation is 1. The van der Waals surface area contributed by atoms with Crippen LogP contribution in [0.15, 0.2) is 24.3 Å². The van der Waals surface area contributed by atoms with Crippen LogP contribution in [-0.4, -0.2) is 19.6 Å². The Bertz CT molecular complexity index is 506. The second-order valence-electron chi connectivity index (χ2n) is 5.23. The first kappa shape index (κ1) is 14.6. The molecule has 1 amide bonds. The van der Waals surface area contributed by atoms with E-state index in [0.29, 0.717) is 0 Å². The number of benzene rings is 1. The van der Waals surface area contributed by atoms with Gasteiger partial charge in [0.2, 0.25) is 5.91 Å². The Morgan fingerprint density at radius 1 is 1.35 bits per heavy atom. The van der Waals surface area contributed by atoms with Crippen molar-refractivity contribution in [1.82, 2.24) is 5.32 Å². The molecule has 0 atom stereocenters. The summed E-state index contributed by atoms with van der Waals surface area (Å²) in [6.45, 7) is 2.33. The van der Waals surface area contributed by atoms with Crippen molar-refractivity contribution in [2.75, 3.05) is 13.7 Å². The van der Waals surface area contributed by atoms with Gasteiger partial charge in [0.05, 0.1) is 7.11 Å². The fourth-order valence-corrected chi connectivity index (χ4v) is 2.65. The predicted octanol–water partition coefficient (Wildman–Crippen LogP) is 3.33. The van der Waals surface area contributed by atoms with E-state index in [2.05, 4.69) is 23.5 Å². The van der Waals surface area contributed by atoms with Gasteiger partial charge < -0.3 is 10.1 Å². The van der Waals surface area contributed by atoms with Crippen molar-refractivity contribution in [2.24, 2.45) is 0 Å². The van der Waals surface area contributed by atoms with Crippen LogP contribution in [0.25, 0.3) is 5.57 Å². The van der Waals surface area contributed by atoms with Crippen LogP contribution in [0.2, 0.25) is 0 Å². The van der Waals surface area contributed by atoms with Gasteiger partial charge in [0.1, 0.15) is 5.75 Å². The Morgan fingerprint density at radius 2 is 2.20 bits per heavy atom. The summed E-state index contributed by atoms with van der Waals surface area (Å²) in [4.78, 5) is 10.8. The van der Waals surface area contributed by atoms with Crippen molar-refractivity contribution in [3.05, 3.63) is 35.4 Å². The highest BCUT2D eigenvalue weighted by Crippen LogP contribution is 2.32. The fourth-order valence-electron chi connectivity index (χ4n) is 2.65. The van der Waals surface area contributed by atoms with Crippen molar-refractivity contribution >= 4 is 11.5 Å². The van der Waals surface area contributed by atoms with Gasteiger partial charge in [-0.15, -0.1) is 0 Å². The van der Waals surface area contributed by atoms with Crippen LogP contribution in [-0.2, 0) is 11.2 Å². The number of hydrogen-bond acceptors (Lipinski definition) is 2. The Morgan fingerprint density at radius 3 is 2.95 bits per heavy atom. The lowest BCUT2D eigenvalue weighted by molar-refractivity contribution is -0.118. The minimum atomic E-state index is 0.0527. The maximum absolute atomic E-state index is 10.8. The predicted molar refractivity (Wildman–Crippen MR) is 81.8 cm³/mol. The molecule has 3 nitrogen and oxygen atoms in total. The molecule has 20 heavy (non-hydrogen) atoms. The van der Waals surface area contributed by atoms with E-state index in [-0.39, 0.29) is 5.91 Å². The second kappa shape index (κ2) is 7.13. The number of rotatable bonds is 6. The van der Waals surface area contributed by atoms with Crippen molar-refractivity contribution in [2.45, 2.75) is 39.0 Å². The second-order valence-corrected chi connectivity index (χ2v) is 5.23. The van der Waals surface area contributed by atoms with Crippen LogP contribution >= 0.6 is 0 Å². The normalized spacial score (nSPS) is 13.4. The van der Waals surface area contributed by atoms with Gasteiger partial charge in [-0.2, -0.15) is 0 Å². The Kier molecular flexibility index (Phi) is 5.22. The summed E-state index contributed by atoms with van der Waals surface area (Å²) in [7, 11) is 1.71. The average molecular weight is 273 g/mol. The van der Waals surface area contributed by atoms with Gasteiger partial charge in [0, 0.05) is 13.5 Å². The third-order valence-corrected chi connectivity index (χ3v) is 3.71. The molecule has 0 saturated heterocycles. The molecule has 1 aromatic carbocycles. The Labute approximate surface area is 121 Å². The molecular weight excluding hydrogens is 250 g/mol. The van der Waals surface area contributed by atoms with Crippen LogP contribution in [0.4, 0.5) is 0 Å². The molecule has 1 aliphatic carbocycles. The highest BCUT2D eigenvalue weighted by molar-refractivity contribution is 5.73. The topological polar surface area (TPSA) is 38.3 Å². The molecule has 0 radical (unpaired) electrons. The number of hydrogen-bond donors (Lipinski definition) is 1. The Balaban J connectivity index is 1.93. The molecule has 1 N–H and O–H groups in total. The summed E-state index contributed by atoms with van der Waals surface area (Å²) in [5, 5.41) is 2.84. The number of allylic oxidation sites excluding steroid dienone is 2. The summed E-state index contributed by atoms with van der Waals surface area (Å²) < 4.78 is 5.32. The van der Waals surface area contributed by atoms with E-state index in [4.69, 9.17) is 4.74 Å². The fraction of sp³-hybridized carbons (Fsp3) is 0.471. The van der Waals surface area contributed by atoms with Crippen molar-refractivity contribution in [3.63, 3.8) is 0 Å². The molecule has 0 spiro atoms. The van der Waals surface area contributed by atoms with Gasteiger partial charge in [0.25, 0.3) is 0 Å². The zero-order valence-corrected chi connectivity index (χ0v) is 12.4. The molecule has 1 aliphatic rings. The van der Waals surface area contributed by atoms with Crippen molar-refractivity contribution in [3.8, 4) is 5.75 Å². The summed E-state index contributed by atoms with van der Waals surface area (Å²) >= 11 is 0. The molecule has 1 aromatic rings. The first-order chi connectivity index (χ1) is 9.70. The molecule has 0 aliphatic heterocycles. The number of ether oxygens (including phenoxy) is 1. The highest BCUT2D eigenvalue weighted by Gasteiger charge is 2.13. The minimum absolute atomic E-state index is 0.0527. The van der Waals surface area contributed by atoms with Crippen LogP contribution < -0.4 is 10.1 Å². The number of methoxy groups -OCH3 is 1. The summed E-state index contributed by atoms with van der Waals surface area (Å²) in [5.41, 5.74) is 4.19. The van der Waals surface area contributed by atoms with E-state index in [1.807, 2.05) is 6.07 Å². The van der Waals surface area contributed by atoms with Gasteiger partial charge in [-0.25, -0.2) is 0 Å². The summed E-state index contributed by atoms with van der Waals surface area (Å²) in [6.07, 6.45) is 7.79. The number of nitrogens with one attached hydrogen (secondary N) is 1. The Hall–Kier alpha value is -1.77. The zero-order valence-electron chi connectivity index (χ0n) is 12.4. The molecule has 0 bridgehead atoms. The molecule has 0 heterocycles. The van der Waals surface area contributed by atoms with Crippen molar-refractivity contribution < 1.29 is 9.53 Å². The van der Waals surface area contributed by atoms with Crippen molar-refractivity contribution in [1.29, 1.82) is 0 Å². The standard InChI is InChI=1S/C17H23NO2/c1-13(19)18-11-4-3-6-14-7-5-8-15-9-10-16(20-2)12-17(14)15/h7,9-10,12H,3-6,8,11H2,1-2H3,(H,18,19). The van der Waals surface area contributed by atoms with Crippen LogP contribution in [0.3, 0.4) is 0 Å². The lowest BCUT2D eigenvalue weighted by Gasteiger charge is -2.19. The van der Waals surface area contributed by atoms with E-state index in [9.17, 15) is 4.79 Å². The van der Waals surface area contributed by atoms with Crippen LogP contribution in [0.1, 0.15) is 43.7 Å². The van der Waals surface area contributed by atoms with Gasteiger partial charge in [-0.05, 0) is 60.9 Å². The first-order valence-electron chi connectivity index (χ1n) is 7.31. The lowest BCUT2D eigenvalue weighted by Crippen LogP contribution is -2.20. The molecule has 0 aromatic heterocycles. The monoisotopic (exact) mass is 273 g/mol. The quantitative estimate of drug-likeness (QED) is 0.807. The third kappa shape index (κ3) is 3.86. The number of fused-ring (bicyclic) bond motifs is 1. The lowest BCUT2D eigenvalue weighted by atomic mass is 9.88. The first-order valence-corrected chi connectivity index (χ1v) is 7.31. The largest absolute Gasteiger partial charge is 0.497 e. The summed E-state index contributed by atoms with van der Waals surface area (Å²) in [6, 6.07) is 6.37. The molecule has 2 rings (SSSR count). The maximum atomic E-state index is 10.8.